The van der Waals surface area contributed by atoms with Crippen molar-refractivity contribution >= 4 is 41.5 Å². The molecule has 0 saturated heterocycles. The third kappa shape index (κ3) is 12.9. The molecule has 4 atom stereocenters. The highest BCUT2D eigenvalue weighted by Crippen LogP contribution is 2.06. The zero-order valence-electron chi connectivity index (χ0n) is 21.1. The number of aromatic amines is 1. The molecule has 18 nitrogen and oxygen atoms in total. The topological polar surface area (TPSA) is 330 Å². The summed E-state index contributed by atoms with van der Waals surface area (Å²) < 4.78 is 0. The number of guanidine groups is 1. The van der Waals surface area contributed by atoms with Gasteiger partial charge in [0.1, 0.15) is 18.1 Å². The number of amides is 5. The molecule has 5 amide bonds. The van der Waals surface area contributed by atoms with Crippen molar-refractivity contribution in [1.29, 1.82) is 0 Å². The molecular formula is C21H35N11O7. The lowest BCUT2D eigenvalue weighted by Gasteiger charge is -2.25. The maximum Gasteiger partial charge on any atom is 0.326 e. The van der Waals surface area contributed by atoms with E-state index in [2.05, 4.69) is 30.9 Å². The first kappa shape index (κ1) is 32.3. The van der Waals surface area contributed by atoms with Crippen LogP contribution < -0.4 is 44.6 Å². The lowest BCUT2D eigenvalue weighted by molar-refractivity contribution is -0.143. The third-order valence-corrected chi connectivity index (χ3v) is 5.24. The van der Waals surface area contributed by atoms with Crippen LogP contribution in [-0.4, -0.2) is 87.3 Å². The number of aliphatic carboxylic acids is 1. The van der Waals surface area contributed by atoms with E-state index in [9.17, 15) is 33.9 Å². The van der Waals surface area contributed by atoms with E-state index in [0.717, 1.165) is 0 Å². The normalized spacial score (nSPS) is 13.7. The molecule has 0 fully saturated rings. The molecule has 0 saturated carbocycles. The Bertz CT molecular complexity index is 1040. The van der Waals surface area contributed by atoms with Gasteiger partial charge in [-0.05, 0) is 19.3 Å². The zero-order chi connectivity index (χ0) is 29.5. The smallest absolute Gasteiger partial charge is 0.326 e. The molecule has 0 aliphatic carbocycles. The van der Waals surface area contributed by atoms with Crippen molar-refractivity contribution < 1.29 is 33.9 Å². The number of primary amides is 2. The predicted octanol–water partition coefficient (Wildman–Crippen LogP) is -4.99. The second kappa shape index (κ2) is 16.2. The monoisotopic (exact) mass is 553 g/mol. The molecule has 0 aliphatic heterocycles. The van der Waals surface area contributed by atoms with E-state index in [-0.39, 0.29) is 44.6 Å². The summed E-state index contributed by atoms with van der Waals surface area (Å²) in [5, 5.41) is 16.3. The highest BCUT2D eigenvalue weighted by molar-refractivity contribution is 5.95. The van der Waals surface area contributed by atoms with Crippen LogP contribution >= 0.6 is 0 Å². The number of nitrogens with one attached hydrogen (secondary N) is 4. The van der Waals surface area contributed by atoms with Gasteiger partial charge in [-0.2, -0.15) is 0 Å². The summed E-state index contributed by atoms with van der Waals surface area (Å²) in [6, 6.07) is -5.41. The number of nitrogens with zero attached hydrogens (tertiary/aromatic N) is 2. The van der Waals surface area contributed by atoms with E-state index in [1.54, 1.807) is 0 Å². The van der Waals surface area contributed by atoms with Crippen LogP contribution in [0.15, 0.2) is 17.5 Å². The molecule has 0 spiro atoms. The van der Waals surface area contributed by atoms with E-state index in [1.165, 1.54) is 12.5 Å². The summed E-state index contributed by atoms with van der Waals surface area (Å²) in [5.41, 5.74) is 27.3. The third-order valence-electron chi connectivity index (χ3n) is 5.24. The lowest BCUT2D eigenvalue weighted by Crippen LogP contribution is -2.57. The Morgan fingerprint density at radius 1 is 0.897 bits per heavy atom. The standard InChI is InChI=1S/C21H35N11O7/c22-11(6-10-8-27-9-29-10)17(35)30-13(3-4-15(23)33)19(37)31-12(2-1-5-28-21(25)26)18(36)32-14(20(38)39)7-16(24)34/h8-9,11-14H,1-7,22H2,(H2,23,33)(H2,24,34)(H,27,29)(H,30,35)(H,31,37)(H,32,36)(H,38,39)(H4,25,26,28). The molecule has 39 heavy (non-hydrogen) atoms. The van der Waals surface area contributed by atoms with Crippen LogP contribution in [0, 0.1) is 0 Å². The fourth-order valence-electron chi connectivity index (χ4n) is 3.28. The molecule has 1 heterocycles. The molecule has 0 radical (unpaired) electrons. The zero-order valence-corrected chi connectivity index (χ0v) is 21.1. The fraction of sp³-hybridized carbons (Fsp3) is 0.524. The Morgan fingerprint density at radius 2 is 1.49 bits per heavy atom. The molecule has 15 N–H and O–H groups in total. The van der Waals surface area contributed by atoms with E-state index in [1.807, 2.05) is 0 Å². The van der Waals surface area contributed by atoms with Gasteiger partial charge in [0.25, 0.3) is 0 Å². The fourth-order valence-corrected chi connectivity index (χ4v) is 3.28. The van der Waals surface area contributed by atoms with Gasteiger partial charge >= 0.3 is 5.97 Å². The largest absolute Gasteiger partial charge is 0.480 e. The number of hydrogen-bond acceptors (Lipinski definition) is 9. The number of aliphatic imine (C=N–C) groups is 1. The molecule has 1 aromatic rings. The number of carboxylic acid groups (broad SMARTS) is 1. The summed E-state index contributed by atoms with van der Waals surface area (Å²) in [7, 11) is 0. The van der Waals surface area contributed by atoms with Crippen LogP contribution in [0.25, 0.3) is 0 Å². The molecule has 1 rings (SSSR count). The summed E-state index contributed by atoms with van der Waals surface area (Å²) >= 11 is 0. The lowest BCUT2D eigenvalue weighted by atomic mass is 10.1. The highest BCUT2D eigenvalue weighted by atomic mass is 16.4. The Balaban J connectivity index is 3.05. The second-order valence-electron chi connectivity index (χ2n) is 8.53. The van der Waals surface area contributed by atoms with E-state index >= 15 is 0 Å². The number of aromatic nitrogens is 2. The maximum absolute atomic E-state index is 13.1. The number of hydrogen-bond donors (Lipinski definition) is 10. The Labute approximate surface area is 222 Å². The SMILES string of the molecule is NC(=O)CCC(NC(=O)C(N)Cc1cnc[nH]1)C(=O)NC(CCCN=C(N)N)C(=O)NC(CC(N)=O)C(=O)O. The predicted molar refractivity (Wildman–Crippen MR) is 136 cm³/mol. The Morgan fingerprint density at radius 3 is 2.00 bits per heavy atom. The van der Waals surface area contributed by atoms with E-state index in [0.29, 0.717) is 5.69 Å². The molecule has 0 aliphatic rings. The Hall–Kier alpha value is -4.74. The summed E-state index contributed by atoms with van der Waals surface area (Å²) in [6.07, 6.45) is 1.87. The Kier molecular flexibility index (Phi) is 13.4. The molecule has 216 valence electrons. The number of imidazole rings is 1. The van der Waals surface area contributed by atoms with Crippen molar-refractivity contribution in [2.75, 3.05) is 6.54 Å². The van der Waals surface area contributed by atoms with Gasteiger partial charge in [0.2, 0.25) is 29.5 Å². The summed E-state index contributed by atoms with van der Waals surface area (Å²) in [5.74, 6) is -5.99. The van der Waals surface area contributed by atoms with Crippen LogP contribution in [0.2, 0.25) is 0 Å². The van der Waals surface area contributed by atoms with Crippen LogP contribution in [0.1, 0.15) is 37.8 Å². The summed E-state index contributed by atoms with van der Waals surface area (Å²) in [4.78, 5) is 83.0. The van der Waals surface area contributed by atoms with Crippen molar-refractivity contribution in [3.8, 4) is 0 Å². The van der Waals surface area contributed by atoms with Crippen LogP contribution in [0.3, 0.4) is 0 Å². The van der Waals surface area contributed by atoms with Gasteiger partial charge in [0.05, 0.1) is 18.8 Å². The molecule has 18 heteroatoms. The molecule has 1 aromatic heterocycles. The van der Waals surface area contributed by atoms with Crippen LogP contribution in [0.4, 0.5) is 0 Å². The van der Waals surface area contributed by atoms with Gasteiger partial charge in [-0.15, -0.1) is 0 Å². The van der Waals surface area contributed by atoms with Crippen molar-refractivity contribution in [3.63, 3.8) is 0 Å². The number of H-pyrrole nitrogens is 1. The number of rotatable bonds is 18. The quantitative estimate of drug-likeness (QED) is 0.0466. The summed E-state index contributed by atoms with van der Waals surface area (Å²) in [6.45, 7) is 0.0793. The minimum Gasteiger partial charge on any atom is -0.480 e. The highest BCUT2D eigenvalue weighted by Gasteiger charge is 2.31. The molecule has 0 aromatic carbocycles. The van der Waals surface area contributed by atoms with E-state index < -0.39 is 66.1 Å². The second-order valence-corrected chi connectivity index (χ2v) is 8.53. The van der Waals surface area contributed by atoms with Crippen molar-refractivity contribution in [1.82, 2.24) is 25.9 Å². The first-order valence-corrected chi connectivity index (χ1v) is 11.8. The van der Waals surface area contributed by atoms with Gasteiger partial charge in [-0.25, -0.2) is 9.78 Å². The van der Waals surface area contributed by atoms with Gasteiger partial charge in [0, 0.05) is 31.3 Å². The van der Waals surface area contributed by atoms with Crippen molar-refractivity contribution in [2.45, 2.75) is 62.7 Å². The minimum atomic E-state index is -1.65. The number of carboxylic acids is 1. The number of nitrogens with two attached hydrogens (primary N) is 5. The average Bonchev–Trinajstić information content (AvgIpc) is 3.35. The van der Waals surface area contributed by atoms with Gasteiger partial charge < -0.3 is 54.7 Å². The number of carbonyl (C=O) groups excluding carboxylic acids is 5. The molecular weight excluding hydrogens is 518 g/mol. The first-order valence-electron chi connectivity index (χ1n) is 11.8. The number of carbonyl (C=O) groups is 6. The molecule has 4 unspecified atom stereocenters. The average molecular weight is 554 g/mol. The molecule has 0 bridgehead atoms. The van der Waals surface area contributed by atoms with Crippen LogP contribution in [0.5, 0.6) is 0 Å². The first-order chi connectivity index (χ1) is 18.3. The van der Waals surface area contributed by atoms with Crippen molar-refractivity contribution in [3.05, 3.63) is 18.2 Å². The van der Waals surface area contributed by atoms with Crippen molar-refractivity contribution in [2.24, 2.45) is 33.7 Å². The maximum atomic E-state index is 13.1. The van der Waals surface area contributed by atoms with Gasteiger partial charge in [0.15, 0.2) is 5.96 Å². The van der Waals surface area contributed by atoms with Gasteiger partial charge in [-0.3, -0.25) is 29.0 Å². The van der Waals surface area contributed by atoms with E-state index in [4.69, 9.17) is 28.7 Å². The van der Waals surface area contributed by atoms with Gasteiger partial charge in [-0.1, -0.05) is 0 Å². The minimum absolute atomic E-state index is 0.0624. The van der Waals surface area contributed by atoms with Crippen LogP contribution in [-0.2, 0) is 35.2 Å².